The van der Waals surface area contributed by atoms with Crippen LogP contribution in [0.2, 0.25) is 0 Å². The van der Waals surface area contributed by atoms with Gasteiger partial charge in [0.2, 0.25) is 0 Å². The van der Waals surface area contributed by atoms with E-state index in [9.17, 15) is 4.79 Å². The van der Waals surface area contributed by atoms with Crippen molar-refractivity contribution < 1.29 is 14.6 Å². The van der Waals surface area contributed by atoms with E-state index in [1.807, 2.05) is 13.8 Å². The molecule has 0 aromatic rings. The summed E-state index contributed by atoms with van der Waals surface area (Å²) in [6.07, 6.45) is 0.256. The van der Waals surface area contributed by atoms with Gasteiger partial charge in [0.15, 0.2) is 0 Å². The number of carbonyl (C=O) groups is 1. The van der Waals surface area contributed by atoms with Crippen LogP contribution in [0.4, 0.5) is 0 Å². The SMILES string of the molecule is CCC(C)(CO)NC(=O)C1CNCCO1. The molecule has 0 saturated carbocycles. The van der Waals surface area contributed by atoms with Crippen LogP contribution in [0.3, 0.4) is 0 Å². The van der Waals surface area contributed by atoms with E-state index in [-0.39, 0.29) is 12.5 Å². The van der Waals surface area contributed by atoms with Gasteiger partial charge in [-0.2, -0.15) is 0 Å². The van der Waals surface area contributed by atoms with Gasteiger partial charge < -0.3 is 20.5 Å². The fraction of sp³-hybridized carbons (Fsp3) is 0.900. The number of aliphatic hydroxyl groups excluding tert-OH is 1. The van der Waals surface area contributed by atoms with Gasteiger partial charge in [-0.1, -0.05) is 6.92 Å². The van der Waals surface area contributed by atoms with Gasteiger partial charge in [0, 0.05) is 13.1 Å². The molecule has 0 bridgehead atoms. The van der Waals surface area contributed by atoms with Gasteiger partial charge in [-0.3, -0.25) is 4.79 Å². The second-order valence-corrected chi connectivity index (χ2v) is 4.13. The summed E-state index contributed by atoms with van der Waals surface area (Å²) in [5, 5.41) is 15.1. The number of hydrogen-bond donors (Lipinski definition) is 3. The fourth-order valence-electron chi connectivity index (χ4n) is 1.35. The summed E-state index contributed by atoms with van der Waals surface area (Å²) >= 11 is 0. The zero-order chi connectivity index (χ0) is 11.3. The van der Waals surface area contributed by atoms with Gasteiger partial charge in [0.05, 0.1) is 18.8 Å². The Morgan fingerprint density at radius 3 is 2.93 bits per heavy atom. The van der Waals surface area contributed by atoms with E-state index in [2.05, 4.69) is 10.6 Å². The second kappa shape index (κ2) is 5.44. The van der Waals surface area contributed by atoms with E-state index in [0.717, 1.165) is 6.54 Å². The minimum absolute atomic E-state index is 0.0601. The Kier molecular flexibility index (Phi) is 4.50. The third kappa shape index (κ3) is 3.44. The maximum atomic E-state index is 11.7. The predicted octanol–water partition coefficient (Wildman–Crippen LogP) is -0.748. The van der Waals surface area contributed by atoms with Crippen LogP contribution in [0, 0.1) is 0 Å². The third-order valence-electron chi connectivity index (χ3n) is 2.77. The molecule has 15 heavy (non-hydrogen) atoms. The highest BCUT2D eigenvalue weighted by Gasteiger charge is 2.29. The first-order chi connectivity index (χ1) is 7.11. The lowest BCUT2D eigenvalue weighted by Crippen LogP contribution is -2.55. The molecular weight excluding hydrogens is 196 g/mol. The van der Waals surface area contributed by atoms with Crippen molar-refractivity contribution in [1.82, 2.24) is 10.6 Å². The number of morpholine rings is 1. The molecule has 88 valence electrons. The average molecular weight is 216 g/mol. The van der Waals surface area contributed by atoms with Crippen LogP contribution in [0.1, 0.15) is 20.3 Å². The molecule has 0 aromatic carbocycles. The number of nitrogens with one attached hydrogen (secondary N) is 2. The van der Waals surface area contributed by atoms with Crippen molar-refractivity contribution in [3.8, 4) is 0 Å². The predicted molar refractivity (Wildman–Crippen MR) is 56.5 cm³/mol. The summed E-state index contributed by atoms with van der Waals surface area (Å²) in [6.45, 7) is 5.57. The van der Waals surface area contributed by atoms with Gasteiger partial charge in [-0.15, -0.1) is 0 Å². The average Bonchev–Trinajstić information content (AvgIpc) is 2.30. The minimum atomic E-state index is -0.544. The van der Waals surface area contributed by atoms with Crippen molar-refractivity contribution in [1.29, 1.82) is 0 Å². The lowest BCUT2D eigenvalue weighted by atomic mass is 10.00. The highest BCUT2D eigenvalue weighted by molar-refractivity contribution is 5.81. The largest absolute Gasteiger partial charge is 0.394 e. The number of hydrogen-bond acceptors (Lipinski definition) is 4. The number of amides is 1. The topological polar surface area (TPSA) is 70.6 Å². The first-order valence-corrected chi connectivity index (χ1v) is 5.36. The van der Waals surface area contributed by atoms with Crippen molar-refractivity contribution in [3.63, 3.8) is 0 Å². The molecule has 1 amide bonds. The molecule has 0 aliphatic carbocycles. The molecule has 5 heteroatoms. The summed E-state index contributed by atoms with van der Waals surface area (Å²) in [6, 6.07) is 0. The molecule has 1 aliphatic heterocycles. The van der Waals surface area contributed by atoms with Crippen LogP contribution in [0.25, 0.3) is 0 Å². The molecule has 1 heterocycles. The quantitative estimate of drug-likeness (QED) is 0.578. The summed E-state index contributed by atoms with van der Waals surface area (Å²) in [5.41, 5.74) is -0.544. The fourth-order valence-corrected chi connectivity index (χ4v) is 1.35. The standard InChI is InChI=1S/C10H20N2O3/c1-3-10(2,7-13)12-9(14)8-6-11-4-5-15-8/h8,11,13H,3-7H2,1-2H3,(H,12,14). The van der Waals surface area contributed by atoms with E-state index in [1.54, 1.807) is 0 Å². The monoisotopic (exact) mass is 216 g/mol. The summed E-state index contributed by atoms with van der Waals surface area (Å²) < 4.78 is 5.32. The summed E-state index contributed by atoms with van der Waals surface area (Å²) in [5.74, 6) is -0.152. The molecule has 0 spiro atoms. The highest BCUT2D eigenvalue weighted by atomic mass is 16.5. The van der Waals surface area contributed by atoms with Gasteiger partial charge in [0.25, 0.3) is 5.91 Å². The molecule has 0 radical (unpaired) electrons. The first kappa shape index (κ1) is 12.4. The van der Waals surface area contributed by atoms with Crippen molar-refractivity contribution in [2.75, 3.05) is 26.3 Å². The third-order valence-corrected chi connectivity index (χ3v) is 2.77. The van der Waals surface area contributed by atoms with Gasteiger partial charge in [-0.05, 0) is 13.3 Å². The van der Waals surface area contributed by atoms with Crippen LogP contribution in [-0.4, -0.2) is 49.0 Å². The zero-order valence-electron chi connectivity index (χ0n) is 9.38. The lowest BCUT2D eigenvalue weighted by molar-refractivity contribution is -0.136. The maximum absolute atomic E-state index is 11.7. The number of aliphatic hydroxyl groups is 1. The molecule has 1 saturated heterocycles. The Morgan fingerprint density at radius 2 is 2.47 bits per heavy atom. The molecule has 1 fully saturated rings. The normalized spacial score (nSPS) is 25.7. The Bertz CT molecular complexity index is 211. The van der Waals surface area contributed by atoms with Crippen molar-refractivity contribution in [3.05, 3.63) is 0 Å². The molecule has 0 aromatic heterocycles. The van der Waals surface area contributed by atoms with Crippen molar-refractivity contribution in [2.45, 2.75) is 31.9 Å². The highest BCUT2D eigenvalue weighted by Crippen LogP contribution is 2.09. The van der Waals surface area contributed by atoms with Crippen LogP contribution < -0.4 is 10.6 Å². The molecule has 2 atom stereocenters. The second-order valence-electron chi connectivity index (χ2n) is 4.13. The molecule has 5 nitrogen and oxygen atoms in total. The van der Waals surface area contributed by atoms with Crippen LogP contribution in [-0.2, 0) is 9.53 Å². The maximum Gasteiger partial charge on any atom is 0.250 e. The first-order valence-electron chi connectivity index (χ1n) is 5.36. The van der Waals surface area contributed by atoms with Crippen molar-refractivity contribution >= 4 is 5.91 Å². The summed E-state index contributed by atoms with van der Waals surface area (Å²) in [4.78, 5) is 11.7. The number of rotatable bonds is 4. The van der Waals surface area contributed by atoms with Crippen LogP contribution in [0.15, 0.2) is 0 Å². The Balaban J connectivity index is 2.46. The Labute approximate surface area is 90.2 Å². The van der Waals surface area contributed by atoms with E-state index in [0.29, 0.717) is 19.6 Å². The van der Waals surface area contributed by atoms with Crippen LogP contribution in [0.5, 0.6) is 0 Å². The molecular formula is C10H20N2O3. The zero-order valence-corrected chi connectivity index (χ0v) is 9.38. The summed E-state index contributed by atoms with van der Waals surface area (Å²) in [7, 11) is 0. The van der Waals surface area contributed by atoms with Crippen molar-refractivity contribution in [2.24, 2.45) is 0 Å². The number of ether oxygens (including phenoxy) is 1. The number of carbonyl (C=O) groups excluding carboxylic acids is 1. The molecule has 2 unspecified atom stereocenters. The van der Waals surface area contributed by atoms with E-state index < -0.39 is 11.6 Å². The minimum Gasteiger partial charge on any atom is -0.394 e. The Hall–Kier alpha value is -0.650. The van der Waals surface area contributed by atoms with Gasteiger partial charge in [0.1, 0.15) is 6.10 Å². The van der Waals surface area contributed by atoms with Gasteiger partial charge >= 0.3 is 0 Å². The molecule has 1 rings (SSSR count). The van der Waals surface area contributed by atoms with E-state index in [4.69, 9.17) is 9.84 Å². The van der Waals surface area contributed by atoms with Crippen LogP contribution >= 0.6 is 0 Å². The van der Waals surface area contributed by atoms with Gasteiger partial charge in [-0.25, -0.2) is 0 Å². The smallest absolute Gasteiger partial charge is 0.250 e. The van der Waals surface area contributed by atoms with E-state index >= 15 is 0 Å². The molecule has 1 aliphatic rings. The lowest BCUT2D eigenvalue weighted by Gasteiger charge is -2.31. The Morgan fingerprint density at radius 1 is 1.73 bits per heavy atom. The van der Waals surface area contributed by atoms with E-state index in [1.165, 1.54) is 0 Å². The molecule has 3 N–H and O–H groups in total.